The maximum atomic E-state index is 11.3. The van der Waals surface area contributed by atoms with E-state index in [-0.39, 0.29) is 6.54 Å². The van der Waals surface area contributed by atoms with E-state index >= 15 is 0 Å². The first kappa shape index (κ1) is 22.2. The fourth-order valence-electron chi connectivity index (χ4n) is 2.19. The molecule has 0 atom stereocenters. The van der Waals surface area contributed by atoms with Crippen molar-refractivity contribution in [1.82, 2.24) is 9.88 Å². The van der Waals surface area contributed by atoms with E-state index in [1.165, 1.54) is 0 Å². The second-order valence-corrected chi connectivity index (χ2v) is 9.89. The first-order valence-corrected chi connectivity index (χ1v) is 10.8. The van der Waals surface area contributed by atoms with Crippen molar-refractivity contribution in [3.63, 3.8) is 0 Å². The molecule has 25 heavy (non-hydrogen) atoms. The van der Waals surface area contributed by atoms with Crippen molar-refractivity contribution in [3.05, 3.63) is 24.4 Å². The largest absolute Gasteiger partial charge is 0.369 e. The third kappa shape index (κ3) is 6.13. The summed E-state index contributed by atoms with van der Waals surface area (Å²) >= 11 is 0. The fourth-order valence-corrected chi connectivity index (χ4v) is 4.33. The van der Waals surface area contributed by atoms with Crippen LogP contribution in [0.15, 0.2) is 24.4 Å². The van der Waals surface area contributed by atoms with Crippen LogP contribution in [0.5, 0.6) is 0 Å². The Kier molecular flexibility index (Phi) is 7.73. The molecule has 0 bridgehead atoms. The van der Waals surface area contributed by atoms with Crippen LogP contribution in [0.2, 0.25) is 0 Å². The van der Waals surface area contributed by atoms with Gasteiger partial charge in [0.25, 0.3) is 5.08 Å². The van der Waals surface area contributed by atoms with E-state index in [9.17, 15) is 14.2 Å². The SMILES string of the molecule is CN(CCCN(C)c1ccccn1)CCC(O)(P(=O)(O)O)P(=O)(O)O. The summed E-state index contributed by atoms with van der Waals surface area (Å²) in [6, 6.07) is 5.55. The summed E-state index contributed by atoms with van der Waals surface area (Å²) in [6.45, 7) is 1.10. The van der Waals surface area contributed by atoms with E-state index in [0.717, 1.165) is 5.82 Å². The number of pyridine rings is 1. The van der Waals surface area contributed by atoms with Gasteiger partial charge in [0.05, 0.1) is 0 Å². The maximum Gasteiger partial charge on any atom is 0.369 e. The first-order chi connectivity index (χ1) is 11.4. The van der Waals surface area contributed by atoms with Gasteiger partial charge in [-0.1, -0.05) is 6.07 Å². The maximum absolute atomic E-state index is 11.3. The molecule has 0 radical (unpaired) electrons. The number of aromatic nitrogens is 1. The highest BCUT2D eigenvalue weighted by molar-refractivity contribution is 7.72. The minimum absolute atomic E-state index is 0.0833. The van der Waals surface area contributed by atoms with Crippen molar-refractivity contribution in [2.24, 2.45) is 0 Å². The van der Waals surface area contributed by atoms with Crippen LogP contribution in [0, 0.1) is 0 Å². The third-order valence-electron chi connectivity index (χ3n) is 3.84. The zero-order chi connectivity index (χ0) is 19.3. The lowest BCUT2D eigenvalue weighted by Gasteiger charge is -2.31. The molecule has 0 aliphatic carbocycles. The summed E-state index contributed by atoms with van der Waals surface area (Å²) < 4.78 is 22.6. The molecule has 0 aromatic carbocycles. The molecule has 0 spiro atoms. The van der Waals surface area contributed by atoms with Gasteiger partial charge in [0.2, 0.25) is 0 Å². The summed E-state index contributed by atoms with van der Waals surface area (Å²) in [5.74, 6) is 0.808. The molecule has 12 heteroatoms. The molecule has 0 fully saturated rings. The molecule has 1 aromatic heterocycles. The van der Waals surface area contributed by atoms with Crippen LogP contribution < -0.4 is 4.90 Å². The molecular formula is C13H25N3O7P2. The summed E-state index contributed by atoms with van der Waals surface area (Å²) in [4.78, 5) is 44.2. The van der Waals surface area contributed by atoms with Gasteiger partial charge in [-0.25, -0.2) is 4.98 Å². The number of hydrogen-bond donors (Lipinski definition) is 5. The van der Waals surface area contributed by atoms with E-state index in [2.05, 4.69) is 4.98 Å². The lowest BCUT2D eigenvalue weighted by molar-refractivity contribution is 0.112. The first-order valence-electron chi connectivity index (χ1n) is 7.53. The Morgan fingerprint density at radius 2 is 1.64 bits per heavy atom. The Morgan fingerprint density at radius 1 is 1.04 bits per heavy atom. The van der Waals surface area contributed by atoms with Crippen molar-refractivity contribution in [2.45, 2.75) is 17.9 Å². The Labute approximate surface area is 146 Å². The zero-order valence-corrected chi connectivity index (χ0v) is 15.9. The van der Waals surface area contributed by atoms with Gasteiger partial charge in [-0.2, -0.15) is 0 Å². The van der Waals surface area contributed by atoms with Gasteiger partial charge in [-0.05, 0) is 32.1 Å². The molecule has 144 valence electrons. The molecule has 0 saturated heterocycles. The molecule has 0 unspecified atom stereocenters. The van der Waals surface area contributed by atoms with Gasteiger partial charge in [-0.3, -0.25) is 9.13 Å². The topological polar surface area (TPSA) is 155 Å². The highest BCUT2D eigenvalue weighted by atomic mass is 31.2. The van der Waals surface area contributed by atoms with E-state index in [1.54, 1.807) is 18.1 Å². The molecule has 1 rings (SSSR count). The lowest BCUT2D eigenvalue weighted by atomic mass is 10.3. The van der Waals surface area contributed by atoms with Crippen LogP contribution in [0.3, 0.4) is 0 Å². The molecule has 1 heterocycles. The van der Waals surface area contributed by atoms with Crippen LogP contribution in [0.4, 0.5) is 5.82 Å². The Hall–Kier alpha value is -0.830. The molecule has 0 saturated carbocycles. The second kappa shape index (κ2) is 8.70. The highest BCUT2D eigenvalue weighted by Crippen LogP contribution is 2.68. The lowest BCUT2D eigenvalue weighted by Crippen LogP contribution is -2.34. The average molecular weight is 397 g/mol. The second-order valence-electron chi connectivity index (χ2n) is 5.88. The monoisotopic (exact) mass is 397 g/mol. The Bertz CT molecular complexity index is 612. The van der Waals surface area contributed by atoms with Crippen LogP contribution in [0.25, 0.3) is 0 Å². The van der Waals surface area contributed by atoms with Crippen LogP contribution >= 0.6 is 15.2 Å². The van der Waals surface area contributed by atoms with Gasteiger partial charge in [0, 0.05) is 32.8 Å². The number of hydrogen-bond acceptors (Lipinski definition) is 6. The Morgan fingerprint density at radius 3 is 2.12 bits per heavy atom. The molecule has 10 nitrogen and oxygen atoms in total. The zero-order valence-electron chi connectivity index (χ0n) is 14.1. The van der Waals surface area contributed by atoms with Gasteiger partial charge >= 0.3 is 15.2 Å². The molecule has 0 aliphatic heterocycles. The normalized spacial score (nSPS) is 13.3. The molecular weight excluding hydrogens is 372 g/mol. The van der Waals surface area contributed by atoms with E-state index in [4.69, 9.17) is 19.6 Å². The van der Waals surface area contributed by atoms with Gasteiger partial charge in [0.1, 0.15) is 5.82 Å². The average Bonchev–Trinajstić information content (AvgIpc) is 2.51. The van der Waals surface area contributed by atoms with Crippen molar-refractivity contribution in [2.75, 3.05) is 38.6 Å². The third-order valence-corrected chi connectivity index (χ3v) is 7.71. The summed E-state index contributed by atoms with van der Waals surface area (Å²) in [5, 5.41) is 6.46. The summed E-state index contributed by atoms with van der Waals surface area (Å²) in [5.41, 5.74) is 0. The molecule has 1 aromatic rings. The molecule has 5 N–H and O–H groups in total. The molecule has 0 amide bonds. The minimum Gasteiger partial charge on any atom is -0.367 e. The van der Waals surface area contributed by atoms with Crippen molar-refractivity contribution < 1.29 is 33.8 Å². The van der Waals surface area contributed by atoms with E-state index in [1.807, 2.05) is 30.1 Å². The van der Waals surface area contributed by atoms with Crippen molar-refractivity contribution >= 4 is 21.0 Å². The predicted octanol–water partition coefficient (Wildman–Crippen LogP) is 0.231. The smallest absolute Gasteiger partial charge is 0.367 e. The quantitative estimate of drug-likeness (QED) is 0.347. The van der Waals surface area contributed by atoms with Gasteiger partial charge in [-0.15, -0.1) is 0 Å². The van der Waals surface area contributed by atoms with Crippen LogP contribution in [-0.4, -0.2) is 73.4 Å². The van der Waals surface area contributed by atoms with Gasteiger partial charge in [0.15, 0.2) is 0 Å². The Balaban J connectivity index is 2.50. The highest BCUT2D eigenvalue weighted by Gasteiger charge is 2.58. The summed E-state index contributed by atoms with van der Waals surface area (Å²) in [7, 11) is -7.28. The standard InChI is InChI=1S/C13H25N3O7P2/c1-15(9-5-10-16(2)12-6-3-4-8-14-12)11-7-13(17,24(18,19)20)25(21,22)23/h3-4,6,8,17H,5,7,9-11H2,1-2H3,(H2,18,19,20)(H2,21,22,23). The number of nitrogens with zero attached hydrogens (tertiary/aromatic N) is 3. The van der Waals surface area contributed by atoms with E-state index in [0.29, 0.717) is 19.5 Å². The van der Waals surface area contributed by atoms with Crippen molar-refractivity contribution in [1.29, 1.82) is 0 Å². The summed E-state index contributed by atoms with van der Waals surface area (Å²) in [6.07, 6.45) is 1.63. The van der Waals surface area contributed by atoms with E-state index < -0.39 is 26.7 Å². The number of anilines is 1. The van der Waals surface area contributed by atoms with Gasteiger partial charge < -0.3 is 34.5 Å². The molecule has 0 aliphatic rings. The number of aliphatic hydroxyl groups is 1. The number of rotatable bonds is 10. The fraction of sp³-hybridized carbons (Fsp3) is 0.615. The van der Waals surface area contributed by atoms with Crippen molar-refractivity contribution in [3.8, 4) is 0 Å². The minimum atomic E-state index is -5.40. The predicted molar refractivity (Wildman–Crippen MR) is 93.3 cm³/mol. The van der Waals surface area contributed by atoms with Crippen LogP contribution in [-0.2, 0) is 9.13 Å². The van der Waals surface area contributed by atoms with Crippen LogP contribution in [0.1, 0.15) is 12.8 Å².